The minimum Gasteiger partial charge on any atom is -0.512 e. The molecule has 2 aromatic heterocycles. The molecule has 0 spiro atoms. The van der Waals surface area contributed by atoms with Crippen LogP contribution in [0.1, 0.15) is 39.5 Å². The van der Waals surface area contributed by atoms with Gasteiger partial charge >= 0.3 is 17.1 Å². The first-order valence-corrected chi connectivity index (χ1v) is 7.73. The van der Waals surface area contributed by atoms with Crippen LogP contribution in [0.4, 0.5) is 0 Å². The third-order valence-electron chi connectivity index (χ3n) is 3.07. The Bertz CT molecular complexity index is 702. The van der Waals surface area contributed by atoms with Gasteiger partial charge in [-0.1, -0.05) is 0 Å². The molecule has 0 saturated carbocycles. The Labute approximate surface area is 163 Å². The molecule has 24 heavy (non-hydrogen) atoms. The van der Waals surface area contributed by atoms with Gasteiger partial charge in [-0.2, -0.15) is 5.26 Å². The number of rotatable bonds is 0. The fraction of sp³-hybridized carbons (Fsp3) is 0.333. The Morgan fingerprint density at radius 2 is 1.29 bits per heavy atom. The summed E-state index contributed by atoms with van der Waals surface area (Å²) in [4.78, 5) is 8.47. The zero-order valence-electron chi connectivity index (χ0n) is 14.6. The number of hydrogen-bond donors (Lipinski definition) is 0. The van der Waals surface area contributed by atoms with Crippen LogP contribution in [0, 0.1) is 64.7 Å². The van der Waals surface area contributed by atoms with E-state index < -0.39 is 0 Å². The van der Waals surface area contributed by atoms with Gasteiger partial charge in [0.25, 0.3) is 0 Å². The van der Waals surface area contributed by atoms with E-state index in [0.717, 1.165) is 32.8 Å². The van der Waals surface area contributed by atoms with E-state index in [-0.39, 0.29) is 17.1 Å². The number of pyridine rings is 2. The van der Waals surface area contributed by atoms with Crippen molar-refractivity contribution in [3.05, 3.63) is 62.6 Å². The van der Waals surface area contributed by atoms with E-state index in [1.165, 1.54) is 5.56 Å². The smallest absolute Gasteiger partial charge is 0.512 e. The molecule has 0 amide bonds. The monoisotopic (exact) mass is 434 g/mol. The molecule has 2 rings (SSSR count). The minimum absolute atomic E-state index is 0. The molecular formula is C18H20BrCuN4. The normalized spacial score (nSPS) is 8.50. The van der Waals surface area contributed by atoms with Gasteiger partial charge in [0.1, 0.15) is 6.07 Å². The Kier molecular flexibility index (Phi) is 12.0. The maximum atomic E-state index is 8.70. The first-order chi connectivity index (χ1) is 10.8. The van der Waals surface area contributed by atoms with Crippen molar-refractivity contribution >= 4 is 15.9 Å². The van der Waals surface area contributed by atoms with Gasteiger partial charge in [0.15, 0.2) is 0 Å². The van der Waals surface area contributed by atoms with Gasteiger partial charge in [0, 0.05) is 15.9 Å². The summed E-state index contributed by atoms with van der Waals surface area (Å²) in [6.07, 6.45) is 0. The van der Waals surface area contributed by atoms with Gasteiger partial charge < -0.3 is 11.8 Å². The third kappa shape index (κ3) is 7.23. The number of nitrogens with zero attached hydrogens (tertiary/aromatic N) is 4. The van der Waals surface area contributed by atoms with Crippen LogP contribution in [0.5, 0.6) is 0 Å². The number of aromatic nitrogens is 2. The molecule has 2 aromatic rings. The number of halogens is 1. The molecule has 2 heterocycles. The van der Waals surface area contributed by atoms with Gasteiger partial charge in [-0.05, 0) is 80.7 Å². The molecule has 0 atom stereocenters. The Balaban J connectivity index is 0. The summed E-state index contributed by atoms with van der Waals surface area (Å²) in [6.45, 7) is 16.6. The van der Waals surface area contributed by atoms with Crippen LogP contribution >= 0.6 is 15.9 Å². The summed E-state index contributed by atoms with van der Waals surface area (Å²) in [6, 6.07) is 6.12. The van der Waals surface area contributed by atoms with Crippen LogP contribution < -0.4 is 0 Å². The van der Waals surface area contributed by atoms with Crippen molar-refractivity contribution in [1.82, 2.24) is 9.97 Å². The summed E-state index contributed by atoms with van der Waals surface area (Å²) in [5.74, 6) is 0. The van der Waals surface area contributed by atoms with Gasteiger partial charge in [-0.3, -0.25) is 9.97 Å². The second-order valence-electron chi connectivity index (χ2n) is 5.13. The van der Waals surface area contributed by atoms with Crippen molar-refractivity contribution in [2.75, 3.05) is 0 Å². The summed E-state index contributed by atoms with van der Waals surface area (Å²) < 4.78 is 1.12. The zero-order chi connectivity index (χ0) is 18.2. The van der Waals surface area contributed by atoms with Crippen LogP contribution in [0.15, 0.2) is 16.6 Å². The maximum Gasteiger partial charge on any atom is 1.00 e. The average Bonchev–Trinajstić information content (AvgIpc) is 2.47. The van der Waals surface area contributed by atoms with Crippen molar-refractivity contribution in [3.63, 3.8) is 0 Å². The fourth-order valence-electron chi connectivity index (χ4n) is 2.20. The van der Waals surface area contributed by atoms with Gasteiger partial charge in [0.05, 0.1) is 17.0 Å². The van der Waals surface area contributed by atoms with Crippen molar-refractivity contribution in [3.8, 4) is 6.07 Å². The van der Waals surface area contributed by atoms with Gasteiger partial charge in [0.2, 0.25) is 0 Å². The zero-order valence-corrected chi connectivity index (χ0v) is 17.2. The van der Waals surface area contributed by atoms with E-state index in [2.05, 4.69) is 45.0 Å². The van der Waals surface area contributed by atoms with Crippen LogP contribution in [0.2, 0.25) is 0 Å². The predicted molar refractivity (Wildman–Crippen MR) is 94.3 cm³/mol. The SMILES string of the molecule is Cc1cc(C)c(Br)c(C)n1.Cc1cc(C)c(C#N)c(C)n1.[C-]#N.[Cu+]. The van der Waals surface area contributed by atoms with E-state index in [0.29, 0.717) is 5.56 Å². The minimum atomic E-state index is 0. The molecule has 4 nitrogen and oxygen atoms in total. The molecule has 6 heteroatoms. The molecule has 0 radical (unpaired) electrons. The molecule has 0 N–H and O–H groups in total. The topological polar surface area (TPSA) is 73.4 Å². The summed E-state index contributed by atoms with van der Waals surface area (Å²) in [7, 11) is 0. The molecule has 0 bridgehead atoms. The predicted octanol–water partition coefficient (Wildman–Crippen LogP) is 4.74. The van der Waals surface area contributed by atoms with E-state index in [9.17, 15) is 0 Å². The largest absolute Gasteiger partial charge is 1.00 e. The first-order valence-electron chi connectivity index (χ1n) is 6.94. The molecular weight excluding hydrogens is 416 g/mol. The van der Waals surface area contributed by atoms with E-state index in [1.54, 1.807) is 0 Å². The summed E-state index contributed by atoms with van der Waals surface area (Å²) in [5, 5.41) is 15.0. The molecule has 0 fully saturated rings. The molecule has 130 valence electrons. The van der Waals surface area contributed by atoms with Crippen molar-refractivity contribution in [1.29, 1.82) is 10.5 Å². The molecule has 0 saturated heterocycles. The van der Waals surface area contributed by atoms with Gasteiger partial charge in [-0.25, -0.2) is 0 Å². The second-order valence-corrected chi connectivity index (χ2v) is 5.93. The quantitative estimate of drug-likeness (QED) is 0.442. The van der Waals surface area contributed by atoms with Crippen molar-refractivity contribution in [2.45, 2.75) is 41.5 Å². The van der Waals surface area contributed by atoms with Crippen LogP contribution in [-0.2, 0) is 17.1 Å². The fourth-order valence-corrected chi connectivity index (χ4v) is 2.40. The van der Waals surface area contributed by atoms with Crippen LogP contribution in [0.3, 0.4) is 0 Å². The maximum absolute atomic E-state index is 8.70. The Hall–Kier alpha value is -1.72. The third-order valence-corrected chi connectivity index (χ3v) is 4.27. The molecule has 0 aliphatic carbocycles. The molecule has 0 aliphatic heterocycles. The summed E-state index contributed by atoms with van der Waals surface area (Å²) in [5.41, 5.74) is 6.91. The molecule has 0 aliphatic rings. The van der Waals surface area contributed by atoms with E-state index in [1.807, 2.05) is 40.7 Å². The Morgan fingerprint density at radius 1 is 0.875 bits per heavy atom. The number of aryl methyl sites for hydroxylation is 6. The van der Waals surface area contributed by atoms with Crippen LogP contribution in [-0.4, -0.2) is 9.97 Å². The Morgan fingerprint density at radius 3 is 1.67 bits per heavy atom. The first kappa shape index (κ1) is 24.5. The van der Waals surface area contributed by atoms with E-state index >= 15 is 0 Å². The van der Waals surface area contributed by atoms with Crippen LogP contribution in [0.25, 0.3) is 0 Å². The van der Waals surface area contributed by atoms with E-state index in [4.69, 9.17) is 17.1 Å². The second kappa shape index (κ2) is 11.8. The van der Waals surface area contributed by atoms with Crippen molar-refractivity contribution < 1.29 is 17.1 Å². The average molecular weight is 436 g/mol. The molecule has 0 aromatic carbocycles. The summed E-state index contributed by atoms with van der Waals surface area (Å²) >= 11 is 3.45. The number of hydrogen-bond acceptors (Lipinski definition) is 4. The van der Waals surface area contributed by atoms with Crippen molar-refractivity contribution in [2.24, 2.45) is 0 Å². The molecule has 0 unspecified atom stereocenters. The van der Waals surface area contributed by atoms with Gasteiger partial charge in [-0.15, -0.1) is 0 Å². The number of nitriles is 1. The standard InChI is InChI=1S/C9H10N2.C8H10BrN.CN.Cu/c1-6-4-7(2)11-8(3)9(6)5-10;1-5-4-6(2)10-7(3)8(5)9;1-2;/h4H,1-3H3;4H,1-3H3;;/q;;-1;+1.